The molecule has 0 spiro atoms. The quantitative estimate of drug-likeness (QED) is 0.677. The fourth-order valence-corrected chi connectivity index (χ4v) is 7.40. The Morgan fingerprint density at radius 1 is 0.900 bits per heavy atom. The molecular weight excluding hydrogens is 349 g/mol. The summed E-state index contributed by atoms with van der Waals surface area (Å²) in [6, 6.07) is 19.2. The van der Waals surface area contributed by atoms with Crippen molar-refractivity contribution in [2.24, 2.45) is 4.99 Å². The van der Waals surface area contributed by atoms with Crippen molar-refractivity contribution in [2.45, 2.75) is 20.7 Å². The summed E-state index contributed by atoms with van der Waals surface area (Å²) in [5.41, 5.74) is 3.83. The molecule has 1 aliphatic heterocycles. The normalized spacial score (nSPS) is 17.8. The molecule has 1 nitrogen and oxygen atoms in total. The second-order valence-electron chi connectivity index (χ2n) is 6.36. The SMILES string of the molecule is [CH3][Sn]([CH3])([CH3])[C]1=Nc2ccccc2C1[CH]c1ccccc1. The molecule has 0 amide bonds. The van der Waals surface area contributed by atoms with Gasteiger partial charge >= 0.3 is 126 Å². The van der Waals surface area contributed by atoms with Gasteiger partial charge in [0.25, 0.3) is 0 Å². The van der Waals surface area contributed by atoms with Crippen molar-refractivity contribution in [3.05, 3.63) is 72.1 Å². The summed E-state index contributed by atoms with van der Waals surface area (Å²) in [5.74, 6) is 0.379. The minimum atomic E-state index is -2.19. The van der Waals surface area contributed by atoms with Gasteiger partial charge in [-0.05, 0) is 0 Å². The minimum absolute atomic E-state index is 0.379. The van der Waals surface area contributed by atoms with E-state index in [-0.39, 0.29) is 0 Å². The predicted octanol–water partition coefficient (Wildman–Crippen LogP) is 4.99. The van der Waals surface area contributed by atoms with Crippen LogP contribution in [0.25, 0.3) is 0 Å². The van der Waals surface area contributed by atoms with Crippen LogP contribution in [0.2, 0.25) is 14.8 Å². The van der Waals surface area contributed by atoms with E-state index in [4.69, 9.17) is 4.99 Å². The van der Waals surface area contributed by atoms with Crippen LogP contribution in [0, 0.1) is 6.42 Å². The third kappa shape index (κ3) is 2.69. The molecule has 20 heavy (non-hydrogen) atoms. The van der Waals surface area contributed by atoms with Gasteiger partial charge in [0.15, 0.2) is 0 Å². The zero-order valence-electron chi connectivity index (χ0n) is 12.3. The van der Waals surface area contributed by atoms with Gasteiger partial charge < -0.3 is 0 Å². The average Bonchev–Trinajstić information content (AvgIpc) is 2.79. The Balaban J connectivity index is 2.00. The number of rotatable bonds is 3. The van der Waals surface area contributed by atoms with Gasteiger partial charge in [0.1, 0.15) is 0 Å². The Kier molecular flexibility index (Phi) is 3.72. The molecule has 2 aromatic rings. The van der Waals surface area contributed by atoms with Crippen LogP contribution in [-0.2, 0) is 0 Å². The molecule has 101 valence electrons. The van der Waals surface area contributed by atoms with Crippen molar-refractivity contribution in [1.29, 1.82) is 0 Å². The van der Waals surface area contributed by atoms with Crippen LogP contribution in [-0.4, -0.2) is 22.1 Å². The van der Waals surface area contributed by atoms with Crippen LogP contribution in [0.4, 0.5) is 5.69 Å². The fraction of sp³-hybridized carbons (Fsp3) is 0.222. The molecule has 0 aliphatic carbocycles. The van der Waals surface area contributed by atoms with E-state index in [2.05, 4.69) is 75.8 Å². The Morgan fingerprint density at radius 2 is 1.55 bits per heavy atom. The first-order valence-corrected chi connectivity index (χ1v) is 17.1. The van der Waals surface area contributed by atoms with Crippen molar-refractivity contribution < 1.29 is 0 Å². The molecule has 1 aliphatic rings. The second kappa shape index (κ2) is 5.36. The van der Waals surface area contributed by atoms with Crippen LogP contribution in [0.1, 0.15) is 17.0 Å². The summed E-state index contributed by atoms with van der Waals surface area (Å²) in [4.78, 5) is 12.3. The van der Waals surface area contributed by atoms with Crippen LogP contribution < -0.4 is 0 Å². The van der Waals surface area contributed by atoms with Crippen LogP contribution in [0.5, 0.6) is 0 Å². The fourth-order valence-electron chi connectivity index (χ4n) is 2.76. The number of aliphatic imine (C=N–C) groups is 1. The van der Waals surface area contributed by atoms with Crippen molar-refractivity contribution in [2.75, 3.05) is 0 Å². The Morgan fingerprint density at radius 3 is 2.25 bits per heavy atom. The van der Waals surface area contributed by atoms with Crippen molar-refractivity contribution in [1.82, 2.24) is 0 Å². The molecule has 1 atom stereocenters. The maximum atomic E-state index is 4.98. The zero-order valence-corrected chi connectivity index (χ0v) is 15.2. The van der Waals surface area contributed by atoms with E-state index in [0.29, 0.717) is 5.92 Å². The Bertz CT molecular complexity index is 638. The first kappa shape index (κ1) is 13.9. The summed E-state index contributed by atoms with van der Waals surface area (Å²) in [5, 5.41) is 0. The van der Waals surface area contributed by atoms with Crippen LogP contribution in [0.15, 0.2) is 59.6 Å². The molecule has 0 N–H and O–H groups in total. The van der Waals surface area contributed by atoms with E-state index in [1.165, 1.54) is 20.5 Å². The Hall–Kier alpha value is -1.09. The van der Waals surface area contributed by atoms with Gasteiger partial charge in [-0.3, -0.25) is 0 Å². The van der Waals surface area contributed by atoms with E-state index in [0.717, 1.165) is 0 Å². The first-order chi connectivity index (χ1) is 9.55. The Labute approximate surface area is 125 Å². The topological polar surface area (TPSA) is 12.4 Å². The average molecular weight is 369 g/mol. The summed E-state index contributed by atoms with van der Waals surface area (Å²) in [6.07, 6.45) is 2.38. The summed E-state index contributed by atoms with van der Waals surface area (Å²) in [6.45, 7) is 0. The number of benzene rings is 2. The molecule has 2 heteroatoms. The summed E-state index contributed by atoms with van der Waals surface area (Å²) >= 11 is -2.19. The second-order valence-corrected chi connectivity index (χ2v) is 20.7. The number of fused-ring (bicyclic) bond motifs is 1. The van der Waals surface area contributed by atoms with Crippen molar-refractivity contribution in [3.63, 3.8) is 0 Å². The predicted molar refractivity (Wildman–Crippen MR) is 89.5 cm³/mol. The van der Waals surface area contributed by atoms with Gasteiger partial charge in [-0.1, -0.05) is 0 Å². The van der Waals surface area contributed by atoms with Gasteiger partial charge in [-0.2, -0.15) is 0 Å². The van der Waals surface area contributed by atoms with Crippen LogP contribution in [0.3, 0.4) is 0 Å². The van der Waals surface area contributed by atoms with E-state index in [1.54, 1.807) is 0 Å². The molecule has 0 saturated heterocycles. The van der Waals surface area contributed by atoms with Crippen molar-refractivity contribution >= 4 is 27.8 Å². The van der Waals surface area contributed by atoms with Gasteiger partial charge in [-0.15, -0.1) is 0 Å². The number of nitrogens with zero attached hydrogens (tertiary/aromatic N) is 1. The molecule has 2 aromatic carbocycles. The third-order valence-electron chi connectivity index (χ3n) is 3.73. The van der Waals surface area contributed by atoms with Gasteiger partial charge in [0, 0.05) is 0 Å². The first-order valence-electron chi connectivity index (χ1n) is 7.13. The molecule has 1 heterocycles. The van der Waals surface area contributed by atoms with Gasteiger partial charge in [-0.25, -0.2) is 0 Å². The molecule has 1 unspecified atom stereocenters. The molecule has 3 rings (SSSR count). The number of hydrogen-bond donors (Lipinski definition) is 0. The van der Waals surface area contributed by atoms with E-state index in [1.807, 2.05) is 0 Å². The summed E-state index contributed by atoms with van der Waals surface area (Å²) in [7, 11) is 0. The monoisotopic (exact) mass is 370 g/mol. The number of hydrogen-bond acceptors (Lipinski definition) is 1. The maximum absolute atomic E-state index is 4.98. The van der Waals surface area contributed by atoms with E-state index in [9.17, 15) is 0 Å². The van der Waals surface area contributed by atoms with E-state index < -0.39 is 18.4 Å². The molecule has 1 radical (unpaired) electrons. The molecule has 0 aromatic heterocycles. The van der Waals surface area contributed by atoms with Gasteiger partial charge in [0.2, 0.25) is 0 Å². The zero-order chi connectivity index (χ0) is 14.2. The number of para-hydroxylation sites is 1. The standard InChI is InChI=1S/C15H11N.3CH3.Sn/c1-2-6-12(7-3-1)10-13-11-16-15-9-5-4-8-14(13)15;;;;/h1-10,13H;3*1H3;. The van der Waals surface area contributed by atoms with Crippen molar-refractivity contribution in [3.8, 4) is 0 Å². The molecule has 0 fully saturated rings. The third-order valence-corrected chi connectivity index (χ3v) is 9.33. The van der Waals surface area contributed by atoms with Crippen LogP contribution >= 0.6 is 0 Å². The van der Waals surface area contributed by atoms with E-state index >= 15 is 0 Å². The van der Waals surface area contributed by atoms with Gasteiger partial charge in [0.05, 0.1) is 0 Å². The molecule has 0 saturated carbocycles. The molecular formula is C18H20NSn. The summed E-state index contributed by atoms with van der Waals surface area (Å²) < 4.78 is 1.46. The molecule has 0 bridgehead atoms.